The van der Waals surface area contributed by atoms with Gasteiger partial charge in [-0.1, -0.05) is 54.1 Å². The van der Waals surface area contributed by atoms with Crippen LogP contribution in [0.2, 0.25) is 0 Å². The Labute approximate surface area is 154 Å². The second kappa shape index (κ2) is 4.41. The Bertz CT molecular complexity index is 1680. The largest absolute Gasteiger partial charge is 0.454 e. The third-order valence-electron chi connectivity index (χ3n) is 5.98. The Morgan fingerprint density at radius 3 is 2.30 bits per heavy atom. The molecule has 3 heterocycles. The van der Waals surface area contributed by atoms with Crippen molar-refractivity contribution in [1.82, 2.24) is 4.40 Å². The third kappa shape index (κ3) is 1.49. The minimum Gasteiger partial charge on any atom is -0.454 e. The Balaban J connectivity index is 1.89. The van der Waals surface area contributed by atoms with E-state index in [-0.39, 0.29) is 0 Å². The lowest BCUT2D eigenvalue weighted by Crippen LogP contribution is -1.81. The molecule has 0 aliphatic rings. The topological polar surface area (TPSA) is 17.6 Å². The zero-order valence-corrected chi connectivity index (χ0v) is 14.8. The van der Waals surface area contributed by atoms with Crippen molar-refractivity contribution < 1.29 is 4.42 Å². The highest BCUT2D eigenvalue weighted by Crippen LogP contribution is 2.43. The molecule has 3 aromatic heterocycles. The molecule has 2 heteroatoms. The van der Waals surface area contributed by atoms with E-state index in [0.717, 1.165) is 11.2 Å². The smallest absolute Gasteiger partial charge is 0.160 e. The highest BCUT2D eigenvalue weighted by molar-refractivity contribution is 6.28. The monoisotopic (exact) mass is 345 g/mol. The standard InChI is InChI=1S/C25H15NO/c1-14-9-12-21-20(13-14)17-7-4-6-16-18-10-11-19-15-5-2-3-8-22(15)27-25(19)24(18)26(21)23(16)17/h2-13H,1H3. The quantitative estimate of drug-likeness (QED) is 0.288. The molecule has 0 radical (unpaired) electrons. The van der Waals surface area contributed by atoms with Crippen LogP contribution >= 0.6 is 0 Å². The van der Waals surface area contributed by atoms with Crippen molar-refractivity contribution in [2.24, 2.45) is 0 Å². The zero-order valence-electron chi connectivity index (χ0n) is 14.8. The van der Waals surface area contributed by atoms with Gasteiger partial charge < -0.3 is 8.82 Å². The fraction of sp³-hybridized carbons (Fsp3) is 0.0400. The van der Waals surface area contributed by atoms with Crippen LogP contribution in [0.5, 0.6) is 0 Å². The van der Waals surface area contributed by atoms with Crippen molar-refractivity contribution in [3.8, 4) is 0 Å². The van der Waals surface area contributed by atoms with Crippen LogP contribution in [0, 0.1) is 6.92 Å². The summed E-state index contributed by atoms with van der Waals surface area (Å²) in [6, 6.07) is 26.1. The second-order valence-corrected chi connectivity index (χ2v) is 7.49. The van der Waals surface area contributed by atoms with Gasteiger partial charge in [0.1, 0.15) is 5.58 Å². The van der Waals surface area contributed by atoms with Crippen LogP contribution in [0.4, 0.5) is 0 Å². The average Bonchev–Trinajstić information content (AvgIpc) is 3.33. The SMILES string of the molecule is Cc1ccc2c(c1)c1cccc3c4ccc5c6ccccc6oc5c4n2c13. The number of furan rings is 1. The Hall–Kier alpha value is -3.52. The molecular weight excluding hydrogens is 330 g/mol. The predicted molar refractivity (Wildman–Crippen MR) is 113 cm³/mol. The van der Waals surface area contributed by atoms with Crippen molar-refractivity contribution >= 4 is 60.0 Å². The number of hydrogen-bond acceptors (Lipinski definition) is 1. The van der Waals surface area contributed by atoms with Gasteiger partial charge >= 0.3 is 0 Å². The molecule has 0 spiro atoms. The summed E-state index contributed by atoms with van der Waals surface area (Å²) in [4.78, 5) is 0. The summed E-state index contributed by atoms with van der Waals surface area (Å²) in [5, 5.41) is 7.52. The zero-order chi connectivity index (χ0) is 17.7. The first-order valence-electron chi connectivity index (χ1n) is 9.30. The average molecular weight is 345 g/mol. The number of aromatic nitrogens is 1. The van der Waals surface area contributed by atoms with E-state index in [9.17, 15) is 0 Å². The maximum atomic E-state index is 6.38. The fourth-order valence-corrected chi connectivity index (χ4v) is 4.85. The van der Waals surface area contributed by atoms with Gasteiger partial charge in [-0.05, 0) is 31.2 Å². The normalized spacial score (nSPS) is 12.6. The van der Waals surface area contributed by atoms with Gasteiger partial charge in [-0.25, -0.2) is 0 Å². The summed E-state index contributed by atoms with van der Waals surface area (Å²) in [5.41, 5.74) is 6.92. The molecule has 0 saturated carbocycles. The maximum absolute atomic E-state index is 6.38. The molecule has 2 nitrogen and oxygen atoms in total. The molecule has 0 fully saturated rings. The lowest BCUT2D eigenvalue weighted by Gasteiger charge is -1.99. The van der Waals surface area contributed by atoms with Crippen molar-refractivity contribution in [2.45, 2.75) is 6.92 Å². The number of nitrogens with zero attached hydrogens (tertiary/aromatic N) is 1. The Morgan fingerprint density at radius 1 is 0.630 bits per heavy atom. The molecule has 0 N–H and O–H groups in total. The van der Waals surface area contributed by atoms with E-state index in [4.69, 9.17) is 4.42 Å². The van der Waals surface area contributed by atoms with Crippen molar-refractivity contribution in [3.63, 3.8) is 0 Å². The molecular formula is C25H15NO. The van der Waals surface area contributed by atoms with Gasteiger partial charge in [-0.2, -0.15) is 0 Å². The maximum Gasteiger partial charge on any atom is 0.160 e. The first-order chi connectivity index (χ1) is 13.3. The van der Waals surface area contributed by atoms with Gasteiger partial charge in [0.05, 0.1) is 16.6 Å². The number of hydrogen-bond donors (Lipinski definition) is 0. The fourth-order valence-electron chi connectivity index (χ4n) is 4.85. The van der Waals surface area contributed by atoms with E-state index < -0.39 is 0 Å². The van der Waals surface area contributed by atoms with Crippen LogP contribution in [0.1, 0.15) is 5.56 Å². The minimum absolute atomic E-state index is 0.945. The lowest BCUT2D eigenvalue weighted by atomic mass is 10.1. The van der Waals surface area contributed by atoms with Crippen molar-refractivity contribution in [3.05, 3.63) is 78.4 Å². The van der Waals surface area contributed by atoms with E-state index in [2.05, 4.69) is 78.1 Å². The lowest BCUT2D eigenvalue weighted by molar-refractivity contribution is 0.671. The van der Waals surface area contributed by atoms with Gasteiger partial charge in [-0.3, -0.25) is 0 Å². The van der Waals surface area contributed by atoms with Crippen LogP contribution in [0.15, 0.2) is 77.2 Å². The molecule has 0 saturated heterocycles. The summed E-state index contributed by atoms with van der Waals surface area (Å²) in [5.74, 6) is 0. The molecule has 0 aliphatic carbocycles. The molecule has 0 unspecified atom stereocenters. The van der Waals surface area contributed by atoms with Crippen molar-refractivity contribution in [2.75, 3.05) is 0 Å². The Kier molecular flexibility index (Phi) is 2.23. The van der Waals surface area contributed by atoms with Crippen LogP contribution in [0.25, 0.3) is 60.0 Å². The number of fused-ring (bicyclic) bond motifs is 10. The van der Waals surface area contributed by atoms with Crippen molar-refractivity contribution in [1.29, 1.82) is 0 Å². The first kappa shape index (κ1) is 13.7. The number of rotatable bonds is 0. The molecule has 0 aliphatic heterocycles. The summed E-state index contributed by atoms with van der Waals surface area (Å²) in [7, 11) is 0. The van der Waals surface area contributed by atoms with Gasteiger partial charge in [0.15, 0.2) is 5.58 Å². The molecule has 27 heavy (non-hydrogen) atoms. The number of benzene rings is 4. The van der Waals surface area contributed by atoms with Crippen LogP contribution in [0.3, 0.4) is 0 Å². The van der Waals surface area contributed by atoms with Gasteiger partial charge in [0, 0.05) is 32.3 Å². The molecule has 7 rings (SSSR count). The number of para-hydroxylation sites is 2. The summed E-state index contributed by atoms with van der Waals surface area (Å²) in [6.45, 7) is 2.16. The van der Waals surface area contributed by atoms with E-state index >= 15 is 0 Å². The van der Waals surface area contributed by atoms with E-state index in [1.807, 2.05) is 6.07 Å². The van der Waals surface area contributed by atoms with E-state index in [1.165, 1.54) is 54.4 Å². The molecule has 126 valence electrons. The van der Waals surface area contributed by atoms with E-state index in [0.29, 0.717) is 0 Å². The second-order valence-electron chi connectivity index (χ2n) is 7.49. The summed E-state index contributed by atoms with van der Waals surface area (Å²) >= 11 is 0. The van der Waals surface area contributed by atoms with Gasteiger partial charge in [0.25, 0.3) is 0 Å². The highest BCUT2D eigenvalue weighted by Gasteiger charge is 2.20. The third-order valence-corrected chi connectivity index (χ3v) is 5.98. The van der Waals surface area contributed by atoms with Crippen LogP contribution < -0.4 is 0 Å². The predicted octanol–water partition coefficient (Wildman–Crippen LogP) is 7.04. The molecule has 4 aromatic carbocycles. The summed E-state index contributed by atoms with van der Waals surface area (Å²) < 4.78 is 8.78. The van der Waals surface area contributed by atoms with Gasteiger partial charge in [0.2, 0.25) is 0 Å². The molecule has 0 amide bonds. The van der Waals surface area contributed by atoms with E-state index in [1.54, 1.807) is 0 Å². The summed E-state index contributed by atoms with van der Waals surface area (Å²) in [6.07, 6.45) is 0. The molecule has 7 aromatic rings. The molecule has 0 atom stereocenters. The first-order valence-corrected chi connectivity index (χ1v) is 9.30. The van der Waals surface area contributed by atoms with Crippen LogP contribution in [-0.2, 0) is 0 Å². The molecule has 0 bridgehead atoms. The highest BCUT2D eigenvalue weighted by atomic mass is 16.3. The van der Waals surface area contributed by atoms with Crippen LogP contribution in [-0.4, -0.2) is 4.40 Å². The number of aryl methyl sites for hydroxylation is 1. The Morgan fingerprint density at radius 2 is 1.37 bits per heavy atom. The minimum atomic E-state index is 0.945. The van der Waals surface area contributed by atoms with Gasteiger partial charge in [-0.15, -0.1) is 0 Å².